The first-order valence-corrected chi connectivity index (χ1v) is 11.2. The normalized spacial score (nSPS) is 18.2. The lowest BCUT2D eigenvalue weighted by Gasteiger charge is -2.28. The van der Waals surface area contributed by atoms with Crippen LogP contribution < -0.4 is 9.47 Å². The molecule has 1 aliphatic carbocycles. The van der Waals surface area contributed by atoms with Gasteiger partial charge in [0.05, 0.1) is 17.7 Å². The van der Waals surface area contributed by atoms with Crippen molar-refractivity contribution in [3.8, 4) is 17.6 Å². The molecule has 4 nitrogen and oxygen atoms in total. The van der Waals surface area contributed by atoms with Crippen molar-refractivity contribution in [3.63, 3.8) is 0 Å². The minimum atomic E-state index is -0.717. The highest BCUT2D eigenvalue weighted by atomic mass is 19.1. The van der Waals surface area contributed by atoms with Gasteiger partial charge in [0.2, 0.25) is 0 Å². The van der Waals surface area contributed by atoms with Crippen molar-refractivity contribution in [2.24, 2.45) is 11.8 Å². The van der Waals surface area contributed by atoms with E-state index >= 15 is 0 Å². The van der Waals surface area contributed by atoms with E-state index in [0.29, 0.717) is 17.9 Å². The molecule has 164 valence electrons. The van der Waals surface area contributed by atoms with Gasteiger partial charge in [-0.2, -0.15) is 5.26 Å². The van der Waals surface area contributed by atoms with Crippen molar-refractivity contribution < 1.29 is 18.7 Å². The molecule has 0 aromatic heterocycles. The summed E-state index contributed by atoms with van der Waals surface area (Å²) in [5.41, 5.74) is 0.256. The monoisotopic (exact) mass is 423 g/mol. The molecule has 0 spiro atoms. The maximum Gasteiger partial charge on any atom is 0.343 e. The van der Waals surface area contributed by atoms with Crippen molar-refractivity contribution in [1.29, 1.82) is 5.26 Å². The second kappa shape index (κ2) is 11.5. The number of rotatable bonds is 9. The van der Waals surface area contributed by atoms with Gasteiger partial charge in [-0.05, 0) is 61.1 Å². The van der Waals surface area contributed by atoms with Gasteiger partial charge in [0.25, 0.3) is 0 Å². The SMILES string of the molecule is CCC[C@H]1CC[C@H](CCCOc2ccc(C(=O)Oc3ccc(C#N)c(F)c3)cc2)CC1. The predicted molar refractivity (Wildman–Crippen MR) is 118 cm³/mol. The van der Waals surface area contributed by atoms with Crippen molar-refractivity contribution in [2.45, 2.75) is 58.3 Å². The van der Waals surface area contributed by atoms with Gasteiger partial charge in [-0.15, -0.1) is 0 Å². The zero-order valence-electron chi connectivity index (χ0n) is 18.1. The number of nitrogens with zero attached hydrogens (tertiary/aromatic N) is 1. The molecule has 2 aromatic rings. The van der Waals surface area contributed by atoms with E-state index in [1.807, 2.05) is 0 Å². The molecule has 0 heterocycles. The van der Waals surface area contributed by atoms with Crippen LogP contribution >= 0.6 is 0 Å². The summed E-state index contributed by atoms with van der Waals surface area (Å²) in [5, 5.41) is 8.76. The molecule has 0 aliphatic heterocycles. The number of hydrogen-bond acceptors (Lipinski definition) is 4. The van der Waals surface area contributed by atoms with Crippen LogP contribution in [0.1, 0.15) is 74.2 Å². The molecular formula is C26H30FNO3. The van der Waals surface area contributed by atoms with E-state index in [1.165, 1.54) is 57.1 Å². The van der Waals surface area contributed by atoms with Gasteiger partial charge >= 0.3 is 5.97 Å². The summed E-state index contributed by atoms with van der Waals surface area (Å²) < 4.78 is 24.6. The van der Waals surface area contributed by atoms with Gasteiger partial charge in [0, 0.05) is 6.07 Å². The topological polar surface area (TPSA) is 59.3 Å². The Morgan fingerprint density at radius 3 is 2.29 bits per heavy atom. The first-order chi connectivity index (χ1) is 15.1. The van der Waals surface area contributed by atoms with Gasteiger partial charge in [-0.1, -0.05) is 45.4 Å². The number of carbonyl (C=O) groups excluding carboxylic acids is 1. The molecule has 2 aromatic carbocycles. The number of halogens is 1. The maximum absolute atomic E-state index is 13.6. The van der Waals surface area contributed by atoms with Crippen molar-refractivity contribution in [1.82, 2.24) is 0 Å². The van der Waals surface area contributed by atoms with Gasteiger partial charge in [0.15, 0.2) is 0 Å². The average molecular weight is 424 g/mol. The summed E-state index contributed by atoms with van der Waals surface area (Å²) in [7, 11) is 0. The number of carbonyl (C=O) groups is 1. The molecule has 1 fully saturated rings. The third-order valence-corrected chi connectivity index (χ3v) is 6.05. The Morgan fingerprint density at radius 2 is 1.68 bits per heavy atom. The quantitative estimate of drug-likeness (QED) is 0.256. The van der Waals surface area contributed by atoms with Gasteiger partial charge < -0.3 is 9.47 Å². The van der Waals surface area contributed by atoms with Crippen LogP contribution in [-0.4, -0.2) is 12.6 Å². The molecule has 1 aliphatic rings. The maximum atomic E-state index is 13.6. The fourth-order valence-electron chi connectivity index (χ4n) is 4.28. The second-order valence-electron chi connectivity index (χ2n) is 8.33. The summed E-state index contributed by atoms with van der Waals surface area (Å²) in [6.07, 6.45) is 10.4. The summed E-state index contributed by atoms with van der Waals surface area (Å²) in [5.74, 6) is 1.25. The second-order valence-corrected chi connectivity index (χ2v) is 8.33. The highest BCUT2D eigenvalue weighted by molar-refractivity contribution is 5.91. The first-order valence-electron chi connectivity index (χ1n) is 11.2. The lowest BCUT2D eigenvalue weighted by molar-refractivity contribution is 0.0734. The Labute approximate surface area is 184 Å². The van der Waals surface area contributed by atoms with E-state index in [1.54, 1.807) is 30.3 Å². The number of nitriles is 1. The summed E-state index contributed by atoms with van der Waals surface area (Å²) in [6.45, 7) is 2.94. The van der Waals surface area contributed by atoms with Crippen LogP contribution in [0.2, 0.25) is 0 Å². The Kier molecular flexibility index (Phi) is 8.46. The first kappa shape index (κ1) is 22.8. The fourth-order valence-corrected chi connectivity index (χ4v) is 4.28. The summed E-state index contributed by atoms with van der Waals surface area (Å²) >= 11 is 0. The molecule has 5 heteroatoms. The van der Waals surface area contributed by atoms with E-state index in [0.717, 1.165) is 24.3 Å². The average Bonchev–Trinajstić information content (AvgIpc) is 2.78. The third kappa shape index (κ3) is 6.82. The van der Waals surface area contributed by atoms with Crippen LogP contribution in [0, 0.1) is 29.0 Å². The minimum absolute atomic E-state index is 0.0607. The highest BCUT2D eigenvalue weighted by Gasteiger charge is 2.20. The molecule has 0 amide bonds. The van der Waals surface area contributed by atoms with Crippen molar-refractivity contribution >= 4 is 5.97 Å². The molecule has 0 saturated heterocycles. The van der Waals surface area contributed by atoms with E-state index in [4.69, 9.17) is 14.7 Å². The number of benzene rings is 2. The predicted octanol–water partition coefficient (Wildman–Crippen LogP) is 6.68. The molecular weight excluding hydrogens is 393 g/mol. The molecule has 1 saturated carbocycles. The van der Waals surface area contributed by atoms with Crippen LogP contribution in [0.4, 0.5) is 4.39 Å². The fraction of sp³-hybridized carbons (Fsp3) is 0.462. The third-order valence-electron chi connectivity index (χ3n) is 6.05. The standard InChI is InChI=1S/C26H30FNO3/c1-2-4-19-6-8-20(9-7-19)5-3-16-30-23-13-10-21(11-14-23)26(29)31-24-15-12-22(18-28)25(27)17-24/h10-15,17,19-20H,2-9,16H2,1H3/t19-,20-. The van der Waals surface area contributed by atoms with E-state index in [2.05, 4.69) is 6.92 Å². The smallest absolute Gasteiger partial charge is 0.343 e. The largest absolute Gasteiger partial charge is 0.494 e. The number of hydrogen-bond donors (Lipinski definition) is 0. The van der Waals surface area contributed by atoms with E-state index in [-0.39, 0.29) is 11.3 Å². The zero-order valence-corrected chi connectivity index (χ0v) is 18.1. The van der Waals surface area contributed by atoms with E-state index < -0.39 is 11.8 Å². The van der Waals surface area contributed by atoms with Crippen LogP contribution in [0.5, 0.6) is 11.5 Å². The molecule has 31 heavy (non-hydrogen) atoms. The summed E-state index contributed by atoms with van der Waals surface area (Å²) in [4.78, 5) is 12.2. The zero-order chi connectivity index (χ0) is 22.1. The van der Waals surface area contributed by atoms with Crippen LogP contribution in [0.3, 0.4) is 0 Å². The minimum Gasteiger partial charge on any atom is -0.494 e. The van der Waals surface area contributed by atoms with Gasteiger partial charge in [-0.3, -0.25) is 0 Å². The van der Waals surface area contributed by atoms with Crippen LogP contribution in [-0.2, 0) is 0 Å². The molecule has 0 atom stereocenters. The number of ether oxygens (including phenoxy) is 2. The van der Waals surface area contributed by atoms with Gasteiger partial charge in [-0.25, -0.2) is 9.18 Å². The van der Waals surface area contributed by atoms with Crippen molar-refractivity contribution in [2.75, 3.05) is 6.61 Å². The highest BCUT2D eigenvalue weighted by Crippen LogP contribution is 2.33. The molecule has 0 radical (unpaired) electrons. The Morgan fingerprint density at radius 1 is 1.03 bits per heavy atom. The van der Waals surface area contributed by atoms with Gasteiger partial charge in [0.1, 0.15) is 23.4 Å². The Bertz CT molecular complexity index is 896. The van der Waals surface area contributed by atoms with E-state index in [9.17, 15) is 9.18 Å². The summed E-state index contributed by atoms with van der Waals surface area (Å²) in [6, 6.07) is 12.2. The molecule has 0 unspecified atom stereocenters. The molecule has 0 N–H and O–H groups in total. The Hall–Kier alpha value is -2.87. The van der Waals surface area contributed by atoms with Crippen LogP contribution in [0.25, 0.3) is 0 Å². The van der Waals surface area contributed by atoms with Crippen molar-refractivity contribution in [3.05, 3.63) is 59.4 Å². The Balaban J connectivity index is 1.39. The lowest BCUT2D eigenvalue weighted by atomic mass is 9.78. The van der Waals surface area contributed by atoms with Crippen LogP contribution in [0.15, 0.2) is 42.5 Å². The number of esters is 1. The molecule has 3 rings (SSSR count). The molecule has 0 bridgehead atoms. The lowest BCUT2D eigenvalue weighted by Crippen LogP contribution is -2.15.